The van der Waals surface area contributed by atoms with E-state index in [1.54, 1.807) is 24.3 Å². The highest BCUT2D eigenvalue weighted by molar-refractivity contribution is 6.05. The van der Waals surface area contributed by atoms with Gasteiger partial charge in [0.05, 0.1) is 25.5 Å². The average Bonchev–Trinajstić information content (AvgIpc) is 2.54. The van der Waals surface area contributed by atoms with Crippen LogP contribution in [0.15, 0.2) is 42.5 Å². The number of carboxylic acids is 1. The number of carboxylic acid groups (broad SMARTS) is 1. The Morgan fingerprint density at radius 3 is 2.41 bits per heavy atom. The number of amides is 1. The number of carbonyl (C=O) groups is 2. The fourth-order valence-electron chi connectivity index (χ4n) is 1.90. The summed E-state index contributed by atoms with van der Waals surface area (Å²) in [5, 5.41) is 11.7. The zero-order chi connectivity index (χ0) is 16.1. The Labute approximate surface area is 127 Å². The molecule has 0 aliphatic rings. The highest BCUT2D eigenvalue weighted by Crippen LogP contribution is 2.26. The summed E-state index contributed by atoms with van der Waals surface area (Å²) in [5.74, 6) is -0.542. The molecule has 114 valence electrons. The molecular formula is C16H15NO5. The fourth-order valence-corrected chi connectivity index (χ4v) is 1.90. The van der Waals surface area contributed by atoms with Crippen LogP contribution in [-0.2, 0) is 0 Å². The Morgan fingerprint density at radius 1 is 1.00 bits per heavy atom. The van der Waals surface area contributed by atoms with Crippen molar-refractivity contribution in [2.45, 2.75) is 0 Å². The lowest BCUT2D eigenvalue weighted by Crippen LogP contribution is -2.13. The maximum absolute atomic E-state index is 12.3. The first-order chi connectivity index (χ1) is 10.5. The van der Waals surface area contributed by atoms with E-state index in [1.165, 1.54) is 32.4 Å². The third-order valence-electron chi connectivity index (χ3n) is 3.03. The van der Waals surface area contributed by atoms with Crippen molar-refractivity contribution in [1.82, 2.24) is 0 Å². The molecule has 0 bridgehead atoms. The summed E-state index contributed by atoms with van der Waals surface area (Å²) >= 11 is 0. The van der Waals surface area contributed by atoms with E-state index in [0.717, 1.165) is 0 Å². The van der Waals surface area contributed by atoms with Crippen LogP contribution in [0, 0.1) is 0 Å². The van der Waals surface area contributed by atoms with Crippen LogP contribution in [0.4, 0.5) is 5.69 Å². The molecule has 0 aliphatic carbocycles. The number of methoxy groups -OCH3 is 2. The number of anilines is 1. The predicted molar refractivity (Wildman–Crippen MR) is 80.9 cm³/mol. The van der Waals surface area contributed by atoms with Crippen molar-refractivity contribution in [3.8, 4) is 11.5 Å². The molecule has 0 fully saturated rings. The van der Waals surface area contributed by atoms with Crippen molar-refractivity contribution >= 4 is 17.6 Å². The third-order valence-corrected chi connectivity index (χ3v) is 3.03. The molecule has 0 aromatic heterocycles. The van der Waals surface area contributed by atoms with Crippen molar-refractivity contribution < 1.29 is 24.2 Å². The van der Waals surface area contributed by atoms with Gasteiger partial charge in [-0.15, -0.1) is 0 Å². The van der Waals surface area contributed by atoms with E-state index in [4.69, 9.17) is 14.6 Å². The van der Waals surface area contributed by atoms with Gasteiger partial charge in [0.15, 0.2) is 0 Å². The van der Waals surface area contributed by atoms with E-state index in [-0.39, 0.29) is 17.2 Å². The molecule has 22 heavy (non-hydrogen) atoms. The van der Waals surface area contributed by atoms with Crippen LogP contribution < -0.4 is 14.8 Å². The number of nitrogens with one attached hydrogen (secondary N) is 1. The van der Waals surface area contributed by atoms with Gasteiger partial charge in [-0.05, 0) is 36.4 Å². The summed E-state index contributed by atoms with van der Waals surface area (Å²) in [7, 11) is 2.95. The minimum Gasteiger partial charge on any atom is -0.497 e. The van der Waals surface area contributed by atoms with Crippen LogP contribution >= 0.6 is 0 Å². The highest BCUT2D eigenvalue weighted by Gasteiger charge is 2.13. The van der Waals surface area contributed by atoms with E-state index >= 15 is 0 Å². The van der Waals surface area contributed by atoms with Crippen LogP contribution in [0.25, 0.3) is 0 Å². The second kappa shape index (κ2) is 6.62. The number of rotatable bonds is 5. The highest BCUT2D eigenvalue weighted by atomic mass is 16.5. The summed E-state index contributed by atoms with van der Waals surface area (Å²) in [6.45, 7) is 0. The van der Waals surface area contributed by atoms with Gasteiger partial charge >= 0.3 is 5.97 Å². The molecule has 2 rings (SSSR count). The standard InChI is InChI=1S/C16H15NO5/c1-21-12-5-3-4-10(8-12)15(18)17-13-9-11(16(19)20)6-7-14(13)22-2/h3-9H,1-2H3,(H,17,18)(H,19,20). The lowest BCUT2D eigenvalue weighted by atomic mass is 10.1. The number of ether oxygens (including phenoxy) is 2. The number of benzene rings is 2. The Balaban J connectivity index is 2.30. The molecule has 0 atom stereocenters. The third kappa shape index (κ3) is 3.35. The van der Waals surface area contributed by atoms with Crippen LogP contribution in [0.2, 0.25) is 0 Å². The summed E-state index contributed by atoms with van der Waals surface area (Å²) in [6, 6.07) is 10.9. The zero-order valence-corrected chi connectivity index (χ0v) is 12.1. The maximum atomic E-state index is 12.3. The largest absolute Gasteiger partial charge is 0.497 e. The van der Waals surface area contributed by atoms with Gasteiger partial charge in [-0.3, -0.25) is 4.79 Å². The molecule has 0 unspecified atom stereocenters. The Hall–Kier alpha value is -3.02. The average molecular weight is 301 g/mol. The molecule has 0 heterocycles. The van der Waals surface area contributed by atoms with Crippen LogP contribution in [0.1, 0.15) is 20.7 Å². The van der Waals surface area contributed by atoms with Crippen molar-refractivity contribution in [3.63, 3.8) is 0 Å². The molecule has 0 spiro atoms. The molecule has 6 heteroatoms. The topological polar surface area (TPSA) is 84.9 Å². The van der Waals surface area contributed by atoms with Gasteiger partial charge < -0.3 is 19.9 Å². The minimum absolute atomic E-state index is 0.0572. The monoisotopic (exact) mass is 301 g/mol. The molecular weight excluding hydrogens is 286 g/mol. The summed E-state index contributed by atoms with van der Waals surface area (Å²) in [5.41, 5.74) is 0.735. The van der Waals surface area contributed by atoms with E-state index < -0.39 is 5.97 Å². The first-order valence-electron chi connectivity index (χ1n) is 6.42. The Bertz CT molecular complexity index is 711. The van der Waals surface area contributed by atoms with Crippen molar-refractivity contribution in [1.29, 1.82) is 0 Å². The zero-order valence-electron chi connectivity index (χ0n) is 12.1. The van der Waals surface area contributed by atoms with E-state index in [9.17, 15) is 9.59 Å². The number of aromatic carboxylic acids is 1. The predicted octanol–water partition coefficient (Wildman–Crippen LogP) is 2.65. The first kappa shape index (κ1) is 15.4. The molecule has 0 saturated heterocycles. The van der Waals surface area contributed by atoms with Gasteiger partial charge in [0.1, 0.15) is 11.5 Å². The molecule has 0 saturated carbocycles. The van der Waals surface area contributed by atoms with Crippen LogP contribution in [-0.4, -0.2) is 31.2 Å². The molecule has 2 aromatic rings. The quantitative estimate of drug-likeness (QED) is 0.887. The normalized spacial score (nSPS) is 9.91. The molecule has 6 nitrogen and oxygen atoms in total. The van der Waals surface area contributed by atoms with Crippen molar-refractivity contribution in [3.05, 3.63) is 53.6 Å². The van der Waals surface area contributed by atoms with Crippen LogP contribution in [0.5, 0.6) is 11.5 Å². The van der Waals surface area contributed by atoms with E-state index in [2.05, 4.69) is 5.32 Å². The van der Waals surface area contributed by atoms with Crippen molar-refractivity contribution in [2.75, 3.05) is 19.5 Å². The van der Waals surface area contributed by atoms with E-state index in [0.29, 0.717) is 17.1 Å². The number of carbonyl (C=O) groups excluding carboxylic acids is 1. The lowest BCUT2D eigenvalue weighted by molar-refractivity contribution is 0.0696. The maximum Gasteiger partial charge on any atom is 0.335 e. The summed E-state index contributed by atoms with van der Waals surface area (Å²) < 4.78 is 10.2. The fraction of sp³-hybridized carbons (Fsp3) is 0.125. The van der Waals surface area contributed by atoms with Gasteiger partial charge in [-0.25, -0.2) is 4.79 Å². The summed E-state index contributed by atoms with van der Waals surface area (Å²) in [4.78, 5) is 23.3. The van der Waals surface area contributed by atoms with Gasteiger partial charge in [0.25, 0.3) is 5.91 Å². The smallest absolute Gasteiger partial charge is 0.335 e. The van der Waals surface area contributed by atoms with Gasteiger partial charge in [-0.1, -0.05) is 6.07 Å². The molecule has 0 radical (unpaired) electrons. The summed E-state index contributed by atoms with van der Waals surface area (Å²) in [6.07, 6.45) is 0. The van der Waals surface area contributed by atoms with Gasteiger partial charge in [0.2, 0.25) is 0 Å². The van der Waals surface area contributed by atoms with Crippen molar-refractivity contribution in [2.24, 2.45) is 0 Å². The van der Waals surface area contributed by atoms with Gasteiger partial charge in [-0.2, -0.15) is 0 Å². The SMILES string of the molecule is COc1cccc(C(=O)Nc2cc(C(=O)O)ccc2OC)c1. The second-order valence-electron chi connectivity index (χ2n) is 4.41. The lowest BCUT2D eigenvalue weighted by Gasteiger charge is -2.11. The van der Waals surface area contributed by atoms with E-state index in [1.807, 2.05) is 0 Å². The number of hydrogen-bond donors (Lipinski definition) is 2. The Kier molecular flexibility index (Phi) is 4.63. The van der Waals surface area contributed by atoms with Crippen LogP contribution in [0.3, 0.4) is 0 Å². The minimum atomic E-state index is -1.08. The molecule has 2 aromatic carbocycles. The molecule has 0 aliphatic heterocycles. The molecule has 2 N–H and O–H groups in total. The number of hydrogen-bond acceptors (Lipinski definition) is 4. The second-order valence-corrected chi connectivity index (χ2v) is 4.41. The van der Waals surface area contributed by atoms with Gasteiger partial charge in [0, 0.05) is 5.56 Å². The molecule has 1 amide bonds. The Morgan fingerprint density at radius 2 is 1.77 bits per heavy atom. The first-order valence-corrected chi connectivity index (χ1v) is 6.42.